The lowest BCUT2D eigenvalue weighted by molar-refractivity contribution is -0.119. The van der Waals surface area contributed by atoms with Crippen LogP contribution in [-0.2, 0) is 4.79 Å². The zero-order chi connectivity index (χ0) is 12.6. The fourth-order valence-electron chi connectivity index (χ4n) is 1.54. The minimum Gasteiger partial charge on any atom is -0.299 e. The number of halogens is 3. The molecule has 0 spiro atoms. The number of carbonyl (C=O) groups is 2. The first kappa shape index (κ1) is 12.9. The molecular formula is C12H9Cl3O2. The standard InChI is InChI=1S/C12H9Cl3O2/c13-8-4-3-7(11(14)12(8)15)10(17)5-9(16)6-1-2-6/h3-4,6H,1-2,5H2. The van der Waals surface area contributed by atoms with Crippen molar-refractivity contribution in [1.29, 1.82) is 0 Å². The molecule has 1 saturated carbocycles. The van der Waals surface area contributed by atoms with Crippen molar-refractivity contribution in [2.45, 2.75) is 19.3 Å². The summed E-state index contributed by atoms with van der Waals surface area (Å²) in [6.45, 7) is 0. The molecule has 0 N–H and O–H groups in total. The fraction of sp³-hybridized carbons (Fsp3) is 0.333. The van der Waals surface area contributed by atoms with Gasteiger partial charge in [-0.3, -0.25) is 9.59 Å². The molecule has 0 radical (unpaired) electrons. The van der Waals surface area contributed by atoms with Crippen molar-refractivity contribution in [3.63, 3.8) is 0 Å². The SMILES string of the molecule is O=C(CC(=O)C1CC1)c1ccc(Cl)c(Cl)c1Cl. The summed E-state index contributed by atoms with van der Waals surface area (Å²) in [6, 6.07) is 3.00. The Morgan fingerprint density at radius 1 is 1.12 bits per heavy atom. The van der Waals surface area contributed by atoms with Crippen LogP contribution in [-0.4, -0.2) is 11.6 Å². The molecule has 2 rings (SSSR count). The van der Waals surface area contributed by atoms with Crippen LogP contribution in [0.25, 0.3) is 0 Å². The van der Waals surface area contributed by atoms with E-state index in [1.165, 1.54) is 12.1 Å². The smallest absolute Gasteiger partial charge is 0.171 e. The van der Waals surface area contributed by atoms with Crippen molar-refractivity contribution < 1.29 is 9.59 Å². The molecule has 90 valence electrons. The Morgan fingerprint density at radius 3 is 2.35 bits per heavy atom. The van der Waals surface area contributed by atoms with Gasteiger partial charge in [0.15, 0.2) is 5.78 Å². The molecule has 0 amide bonds. The Bertz CT molecular complexity index is 493. The predicted octanol–water partition coefficient (Wildman–Crippen LogP) is 4.20. The number of rotatable bonds is 4. The number of benzene rings is 1. The second-order valence-corrected chi connectivity index (χ2v) is 5.23. The average Bonchev–Trinajstić information content (AvgIpc) is 3.09. The highest BCUT2D eigenvalue weighted by Gasteiger charge is 2.31. The van der Waals surface area contributed by atoms with E-state index in [-0.39, 0.29) is 39.5 Å². The van der Waals surface area contributed by atoms with E-state index in [4.69, 9.17) is 34.8 Å². The molecule has 1 aliphatic carbocycles. The van der Waals surface area contributed by atoms with Gasteiger partial charge in [-0.1, -0.05) is 34.8 Å². The number of hydrogen-bond donors (Lipinski definition) is 0. The van der Waals surface area contributed by atoms with Crippen molar-refractivity contribution in [2.75, 3.05) is 0 Å². The van der Waals surface area contributed by atoms with Gasteiger partial charge in [0.25, 0.3) is 0 Å². The maximum absolute atomic E-state index is 11.9. The van der Waals surface area contributed by atoms with Gasteiger partial charge in [0.1, 0.15) is 5.78 Å². The summed E-state index contributed by atoms with van der Waals surface area (Å²) in [5.74, 6) is -0.247. The fourth-order valence-corrected chi connectivity index (χ4v) is 2.19. The van der Waals surface area contributed by atoms with E-state index < -0.39 is 0 Å². The van der Waals surface area contributed by atoms with Gasteiger partial charge in [-0.2, -0.15) is 0 Å². The summed E-state index contributed by atoms with van der Waals surface area (Å²) >= 11 is 17.5. The molecule has 0 bridgehead atoms. The van der Waals surface area contributed by atoms with Crippen LogP contribution in [0.3, 0.4) is 0 Å². The first-order chi connectivity index (χ1) is 8.00. The molecule has 0 aromatic heterocycles. The number of hydrogen-bond acceptors (Lipinski definition) is 2. The average molecular weight is 292 g/mol. The lowest BCUT2D eigenvalue weighted by Gasteiger charge is -2.05. The molecule has 17 heavy (non-hydrogen) atoms. The van der Waals surface area contributed by atoms with E-state index in [1.807, 2.05) is 0 Å². The lowest BCUT2D eigenvalue weighted by atomic mass is 10.0. The molecule has 1 aliphatic rings. The van der Waals surface area contributed by atoms with E-state index in [0.29, 0.717) is 5.02 Å². The van der Waals surface area contributed by atoms with Crippen LogP contribution in [0.5, 0.6) is 0 Å². The minimum absolute atomic E-state index is 0.0165. The Hall–Kier alpha value is -0.570. The molecule has 5 heteroatoms. The summed E-state index contributed by atoms with van der Waals surface area (Å²) in [6.07, 6.45) is 1.67. The predicted molar refractivity (Wildman–Crippen MR) is 68.2 cm³/mol. The normalized spacial score (nSPS) is 14.8. The molecule has 1 aromatic carbocycles. The molecule has 2 nitrogen and oxygen atoms in total. The first-order valence-corrected chi connectivity index (χ1v) is 6.33. The van der Waals surface area contributed by atoms with Crippen molar-refractivity contribution in [2.24, 2.45) is 5.92 Å². The van der Waals surface area contributed by atoms with Gasteiger partial charge in [0, 0.05) is 11.5 Å². The van der Waals surface area contributed by atoms with E-state index in [2.05, 4.69) is 0 Å². The van der Waals surface area contributed by atoms with E-state index in [0.717, 1.165) is 12.8 Å². The van der Waals surface area contributed by atoms with Crippen molar-refractivity contribution in [3.8, 4) is 0 Å². The topological polar surface area (TPSA) is 34.1 Å². The van der Waals surface area contributed by atoms with Gasteiger partial charge in [-0.05, 0) is 25.0 Å². The van der Waals surface area contributed by atoms with Crippen LogP contribution >= 0.6 is 34.8 Å². The van der Waals surface area contributed by atoms with Crippen molar-refractivity contribution in [3.05, 3.63) is 32.8 Å². The maximum atomic E-state index is 11.9. The van der Waals surface area contributed by atoms with Gasteiger partial charge >= 0.3 is 0 Å². The molecule has 0 atom stereocenters. The Kier molecular flexibility index (Phi) is 3.76. The summed E-state index contributed by atoms with van der Waals surface area (Å²) < 4.78 is 0. The van der Waals surface area contributed by atoms with Crippen LogP contribution in [0.1, 0.15) is 29.6 Å². The third-order valence-electron chi connectivity index (χ3n) is 2.70. The molecule has 0 aliphatic heterocycles. The quantitative estimate of drug-likeness (QED) is 0.473. The molecule has 0 heterocycles. The van der Waals surface area contributed by atoms with Crippen molar-refractivity contribution >= 4 is 46.4 Å². The summed E-state index contributed by atoms with van der Waals surface area (Å²) in [4.78, 5) is 23.4. The summed E-state index contributed by atoms with van der Waals surface area (Å²) in [5, 5.41) is 0.563. The second kappa shape index (κ2) is 4.97. The first-order valence-electron chi connectivity index (χ1n) is 5.20. The van der Waals surface area contributed by atoms with E-state index in [9.17, 15) is 9.59 Å². The van der Waals surface area contributed by atoms with E-state index >= 15 is 0 Å². The monoisotopic (exact) mass is 290 g/mol. The van der Waals surface area contributed by atoms with Gasteiger partial charge in [0.2, 0.25) is 0 Å². The summed E-state index contributed by atoms with van der Waals surface area (Å²) in [7, 11) is 0. The summed E-state index contributed by atoms with van der Waals surface area (Å²) in [5.41, 5.74) is 0.259. The van der Waals surface area contributed by atoms with Gasteiger partial charge in [-0.15, -0.1) is 0 Å². The van der Waals surface area contributed by atoms with Crippen LogP contribution in [0, 0.1) is 5.92 Å². The third-order valence-corrected chi connectivity index (χ3v) is 4.00. The highest BCUT2D eigenvalue weighted by atomic mass is 35.5. The lowest BCUT2D eigenvalue weighted by Crippen LogP contribution is -2.10. The maximum Gasteiger partial charge on any atom is 0.171 e. The molecular weight excluding hydrogens is 282 g/mol. The second-order valence-electron chi connectivity index (χ2n) is 4.06. The Labute approximate surface area is 114 Å². The Balaban J connectivity index is 2.19. The minimum atomic E-state index is -0.300. The van der Waals surface area contributed by atoms with Crippen LogP contribution < -0.4 is 0 Å². The highest BCUT2D eigenvalue weighted by molar-refractivity contribution is 6.49. The highest BCUT2D eigenvalue weighted by Crippen LogP contribution is 2.35. The molecule has 0 unspecified atom stereocenters. The zero-order valence-corrected chi connectivity index (χ0v) is 11.1. The van der Waals surface area contributed by atoms with Crippen LogP contribution in [0.15, 0.2) is 12.1 Å². The number of carbonyl (C=O) groups excluding carboxylic acids is 2. The number of Topliss-reactive ketones (excluding diaryl/α,β-unsaturated/α-hetero) is 2. The van der Waals surface area contributed by atoms with Crippen LogP contribution in [0.4, 0.5) is 0 Å². The number of ketones is 2. The molecule has 1 fully saturated rings. The third kappa shape index (κ3) is 2.82. The van der Waals surface area contributed by atoms with Crippen LogP contribution in [0.2, 0.25) is 15.1 Å². The van der Waals surface area contributed by atoms with Gasteiger partial charge < -0.3 is 0 Å². The Morgan fingerprint density at radius 2 is 1.76 bits per heavy atom. The largest absolute Gasteiger partial charge is 0.299 e. The zero-order valence-electron chi connectivity index (χ0n) is 8.80. The van der Waals surface area contributed by atoms with Gasteiger partial charge in [0.05, 0.1) is 21.5 Å². The van der Waals surface area contributed by atoms with Crippen molar-refractivity contribution in [1.82, 2.24) is 0 Å². The van der Waals surface area contributed by atoms with Gasteiger partial charge in [-0.25, -0.2) is 0 Å². The molecule has 0 saturated heterocycles. The molecule has 1 aromatic rings. The van der Waals surface area contributed by atoms with E-state index in [1.54, 1.807) is 0 Å².